The molecule has 2 nitrogen and oxygen atoms in total. The third-order valence-electron chi connectivity index (χ3n) is 2.89. The SMILES string of the molecule is CC[C@@H](C)CCCCNC1=NCCCS1. The Labute approximate surface area is 98.3 Å². The van der Waals surface area contributed by atoms with Crippen LogP contribution in [0.15, 0.2) is 4.99 Å². The quantitative estimate of drug-likeness (QED) is 0.706. The van der Waals surface area contributed by atoms with Crippen molar-refractivity contribution >= 4 is 16.9 Å². The maximum atomic E-state index is 4.45. The Kier molecular flexibility index (Phi) is 6.90. The smallest absolute Gasteiger partial charge is 0.156 e. The van der Waals surface area contributed by atoms with Gasteiger partial charge in [0.05, 0.1) is 0 Å². The van der Waals surface area contributed by atoms with Crippen molar-refractivity contribution in [1.29, 1.82) is 0 Å². The van der Waals surface area contributed by atoms with Crippen LogP contribution in [0.25, 0.3) is 0 Å². The van der Waals surface area contributed by atoms with Gasteiger partial charge in [-0.15, -0.1) is 0 Å². The number of hydrogen-bond acceptors (Lipinski definition) is 3. The van der Waals surface area contributed by atoms with E-state index in [0.29, 0.717) is 0 Å². The third-order valence-corrected chi connectivity index (χ3v) is 3.93. The Morgan fingerprint density at radius 2 is 2.33 bits per heavy atom. The monoisotopic (exact) mass is 228 g/mol. The van der Waals surface area contributed by atoms with Gasteiger partial charge in [0, 0.05) is 18.8 Å². The molecule has 0 aromatic carbocycles. The molecule has 0 aromatic heterocycles. The van der Waals surface area contributed by atoms with Gasteiger partial charge in [-0.2, -0.15) is 0 Å². The Hall–Kier alpha value is -0.180. The van der Waals surface area contributed by atoms with Crippen LogP contribution in [0.4, 0.5) is 0 Å². The fraction of sp³-hybridized carbons (Fsp3) is 0.917. The Morgan fingerprint density at radius 1 is 1.47 bits per heavy atom. The highest BCUT2D eigenvalue weighted by Crippen LogP contribution is 2.12. The maximum absolute atomic E-state index is 4.45. The minimum atomic E-state index is 0.895. The zero-order chi connectivity index (χ0) is 10.9. The molecule has 1 atom stereocenters. The van der Waals surface area contributed by atoms with E-state index < -0.39 is 0 Å². The van der Waals surface area contributed by atoms with Crippen molar-refractivity contribution in [3.63, 3.8) is 0 Å². The molecule has 1 aliphatic heterocycles. The average molecular weight is 228 g/mol. The molecular weight excluding hydrogens is 204 g/mol. The van der Waals surface area contributed by atoms with E-state index in [2.05, 4.69) is 24.2 Å². The molecule has 0 amide bonds. The summed E-state index contributed by atoms with van der Waals surface area (Å²) in [5.41, 5.74) is 0. The largest absolute Gasteiger partial charge is 0.365 e. The lowest BCUT2D eigenvalue weighted by atomic mass is 10.0. The number of nitrogens with one attached hydrogen (secondary N) is 1. The highest BCUT2D eigenvalue weighted by Gasteiger charge is 2.04. The minimum absolute atomic E-state index is 0.895. The van der Waals surface area contributed by atoms with E-state index in [0.717, 1.165) is 19.0 Å². The van der Waals surface area contributed by atoms with Gasteiger partial charge in [0.15, 0.2) is 5.17 Å². The first-order chi connectivity index (χ1) is 7.33. The van der Waals surface area contributed by atoms with E-state index in [4.69, 9.17) is 0 Å². The lowest BCUT2D eigenvalue weighted by Gasteiger charge is -2.13. The number of nitrogens with zero attached hydrogens (tertiary/aromatic N) is 1. The summed E-state index contributed by atoms with van der Waals surface area (Å²) in [6, 6.07) is 0. The van der Waals surface area contributed by atoms with Crippen LogP contribution in [-0.4, -0.2) is 24.0 Å². The van der Waals surface area contributed by atoms with Crippen molar-refractivity contribution < 1.29 is 0 Å². The van der Waals surface area contributed by atoms with E-state index in [1.54, 1.807) is 0 Å². The minimum Gasteiger partial charge on any atom is -0.365 e. The van der Waals surface area contributed by atoms with E-state index in [1.165, 1.54) is 43.0 Å². The first-order valence-electron chi connectivity index (χ1n) is 6.24. The second-order valence-electron chi connectivity index (χ2n) is 4.32. The van der Waals surface area contributed by atoms with Crippen LogP contribution in [0.2, 0.25) is 0 Å². The molecule has 88 valence electrons. The van der Waals surface area contributed by atoms with Crippen LogP contribution in [0.5, 0.6) is 0 Å². The molecule has 0 spiro atoms. The van der Waals surface area contributed by atoms with Gasteiger partial charge in [-0.1, -0.05) is 44.9 Å². The van der Waals surface area contributed by atoms with Crippen molar-refractivity contribution in [1.82, 2.24) is 5.32 Å². The second kappa shape index (κ2) is 8.03. The molecular formula is C12H24N2S. The summed E-state index contributed by atoms with van der Waals surface area (Å²) in [6.07, 6.45) is 6.56. The summed E-state index contributed by atoms with van der Waals surface area (Å²) >= 11 is 1.87. The standard InChI is InChI=1S/C12H24N2S/c1-3-11(2)7-4-5-8-13-12-14-9-6-10-15-12/h11H,3-10H2,1-2H3,(H,13,14)/t11-/m1/s1. The van der Waals surface area contributed by atoms with E-state index >= 15 is 0 Å². The van der Waals surface area contributed by atoms with Gasteiger partial charge >= 0.3 is 0 Å². The van der Waals surface area contributed by atoms with E-state index in [-0.39, 0.29) is 0 Å². The molecule has 3 heteroatoms. The van der Waals surface area contributed by atoms with Crippen LogP contribution < -0.4 is 5.32 Å². The molecule has 1 N–H and O–H groups in total. The predicted molar refractivity (Wildman–Crippen MR) is 70.7 cm³/mol. The van der Waals surface area contributed by atoms with Crippen LogP contribution in [0, 0.1) is 5.92 Å². The summed E-state index contributed by atoms with van der Waals surface area (Å²) in [6.45, 7) is 6.73. The molecule has 1 aliphatic rings. The first kappa shape index (κ1) is 12.9. The van der Waals surface area contributed by atoms with Gasteiger partial charge in [-0.25, -0.2) is 0 Å². The summed E-state index contributed by atoms with van der Waals surface area (Å²) in [5, 5.41) is 4.60. The summed E-state index contributed by atoms with van der Waals surface area (Å²) in [4.78, 5) is 4.45. The first-order valence-corrected chi connectivity index (χ1v) is 7.22. The lowest BCUT2D eigenvalue weighted by Crippen LogP contribution is -2.24. The van der Waals surface area contributed by atoms with Crippen LogP contribution in [0.3, 0.4) is 0 Å². The Bertz CT molecular complexity index is 192. The van der Waals surface area contributed by atoms with Crippen LogP contribution in [-0.2, 0) is 0 Å². The molecule has 1 heterocycles. The zero-order valence-electron chi connectivity index (χ0n) is 10.1. The molecule has 0 saturated carbocycles. The highest BCUT2D eigenvalue weighted by molar-refractivity contribution is 8.13. The molecule has 0 aliphatic carbocycles. The molecule has 1 rings (SSSR count). The number of thioether (sulfide) groups is 1. The molecule has 0 radical (unpaired) electrons. The number of unbranched alkanes of at least 4 members (excludes halogenated alkanes) is 1. The summed E-state index contributed by atoms with van der Waals surface area (Å²) in [7, 11) is 0. The number of aliphatic imine (C=N–C) groups is 1. The normalized spacial score (nSPS) is 18.4. The number of amidine groups is 1. The zero-order valence-corrected chi connectivity index (χ0v) is 10.9. The van der Waals surface area contributed by atoms with Gasteiger partial charge in [0.1, 0.15) is 0 Å². The Morgan fingerprint density at radius 3 is 3.00 bits per heavy atom. The number of rotatable bonds is 6. The Balaban J connectivity index is 1.94. The summed E-state index contributed by atoms with van der Waals surface area (Å²) < 4.78 is 0. The molecule has 0 unspecified atom stereocenters. The maximum Gasteiger partial charge on any atom is 0.156 e. The second-order valence-corrected chi connectivity index (χ2v) is 5.41. The lowest BCUT2D eigenvalue weighted by molar-refractivity contribution is 0.484. The molecule has 0 bridgehead atoms. The number of hydrogen-bond donors (Lipinski definition) is 1. The van der Waals surface area contributed by atoms with Crippen molar-refractivity contribution in [2.24, 2.45) is 10.9 Å². The van der Waals surface area contributed by atoms with Crippen LogP contribution in [0.1, 0.15) is 46.0 Å². The van der Waals surface area contributed by atoms with Gasteiger partial charge in [-0.3, -0.25) is 4.99 Å². The highest BCUT2D eigenvalue weighted by atomic mass is 32.2. The fourth-order valence-electron chi connectivity index (χ4n) is 1.58. The topological polar surface area (TPSA) is 24.4 Å². The molecule has 0 aromatic rings. The van der Waals surface area contributed by atoms with Crippen molar-refractivity contribution in [3.05, 3.63) is 0 Å². The van der Waals surface area contributed by atoms with Gasteiger partial charge in [-0.05, 0) is 18.8 Å². The summed E-state index contributed by atoms with van der Waals surface area (Å²) in [5.74, 6) is 2.13. The van der Waals surface area contributed by atoms with E-state index in [9.17, 15) is 0 Å². The van der Waals surface area contributed by atoms with Gasteiger partial charge in [0.25, 0.3) is 0 Å². The fourth-order valence-corrected chi connectivity index (χ4v) is 2.44. The van der Waals surface area contributed by atoms with Crippen molar-refractivity contribution in [2.75, 3.05) is 18.8 Å². The molecule has 0 fully saturated rings. The average Bonchev–Trinajstić information content (AvgIpc) is 2.29. The predicted octanol–water partition coefficient (Wildman–Crippen LogP) is 3.29. The van der Waals surface area contributed by atoms with Crippen molar-refractivity contribution in [2.45, 2.75) is 46.0 Å². The van der Waals surface area contributed by atoms with Gasteiger partial charge in [0.2, 0.25) is 0 Å². The van der Waals surface area contributed by atoms with Gasteiger partial charge < -0.3 is 5.32 Å². The van der Waals surface area contributed by atoms with Crippen LogP contribution >= 0.6 is 11.8 Å². The van der Waals surface area contributed by atoms with Crippen molar-refractivity contribution in [3.8, 4) is 0 Å². The van der Waals surface area contributed by atoms with E-state index in [1.807, 2.05) is 11.8 Å². The molecule has 0 saturated heterocycles. The molecule has 15 heavy (non-hydrogen) atoms. The third kappa shape index (κ3) is 6.08.